The minimum atomic E-state index is -5.22. The number of aliphatic hydroxyl groups excluding tert-OH is 1. The normalized spacial score (nSPS) is 17.4. The molecule has 15 nitrogen and oxygen atoms in total. The average Bonchev–Trinajstić information content (AvgIpc) is 3.80. The Morgan fingerprint density at radius 3 is 2.17 bits per heavy atom. The molecule has 0 radical (unpaired) electrons. The molecule has 3 heterocycles. The first-order valence-corrected chi connectivity index (χ1v) is 25.4. The van der Waals surface area contributed by atoms with Gasteiger partial charge in [0.15, 0.2) is 21.3 Å². The molecule has 0 saturated heterocycles. The lowest BCUT2D eigenvalue weighted by atomic mass is 9.73. The van der Waals surface area contributed by atoms with Gasteiger partial charge < -0.3 is 15.2 Å². The highest BCUT2D eigenvalue weighted by molar-refractivity contribution is 7.92. The minimum absolute atomic E-state index is 0.00588. The summed E-state index contributed by atoms with van der Waals surface area (Å²) in [6.45, 7) is -2.03. The molecule has 2 amide bonds. The quantitative estimate of drug-likeness (QED) is 0.0906. The molecule has 2 aromatic carbocycles. The van der Waals surface area contributed by atoms with Gasteiger partial charge in [-0.2, -0.15) is 49.6 Å². The number of carbonyl (C=O) groups is 2. The van der Waals surface area contributed by atoms with Gasteiger partial charge in [-0.1, -0.05) is 23.7 Å². The van der Waals surface area contributed by atoms with E-state index in [9.17, 15) is 66.7 Å². The molecule has 7 rings (SSSR count). The molecule has 3 aromatic heterocycles. The molecule has 0 unspecified atom stereocenters. The van der Waals surface area contributed by atoms with Gasteiger partial charge in [0.1, 0.15) is 37.0 Å². The first-order chi connectivity index (χ1) is 32.7. The van der Waals surface area contributed by atoms with Crippen molar-refractivity contribution in [2.45, 2.75) is 94.0 Å². The van der Waals surface area contributed by atoms with Crippen LogP contribution in [0, 0.1) is 17.6 Å². The van der Waals surface area contributed by atoms with Crippen molar-refractivity contribution in [2.75, 3.05) is 30.0 Å². The highest BCUT2D eigenvalue weighted by Gasteiger charge is 2.63. The standard InChI is InChI=1S/C43H42ClF10N7O8S2/c1-40(2,70(3,65)66)12-11-24-5-6-25(26-8-10-29(44)33-35(26)60(20-41(47,48)49)58-38(33)61(71(4,67)68)39(64)69-14-13-62)34(55-24)30(17-21-15-22(45)18-23(46)16-21)56-31(63)19-59-37-32(36(57-59)43(52,53)54)27-7-9-28(27)42(37,50)51/h5-6,8,10,15-16,18,27-28,30,62H,7,9,11-14,17,19-20H2,1-4H3,(H,56,63)/t27-,28+,30-/m0/s1. The van der Waals surface area contributed by atoms with E-state index in [0.29, 0.717) is 12.3 Å². The Labute approximate surface area is 403 Å². The number of hydrogen-bond donors (Lipinski definition) is 2. The maximum atomic E-state index is 15.8. The molecule has 0 bridgehead atoms. The number of fused-ring (bicyclic) bond motifs is 4. The number of sulfonamides is 1. The van der Waals surface area contributed by atoms with Crippen LogP contribution in [-0.2, 0) is 67.4 Å². The summed E-state index contributed by atoms with van der Waals surface area (Å²) in [6, 6.07) is 5.13. The molecule has 1 fully saturated rings. The summed E-state index contributed by atoms with van der Waals surface area (Å²) < 4.78 is 203. The predicted molar refractivity (Wildman–Crippen MR) is 235 cm³/mol. The van der Waals surface area contributed by atoms with Gasteiger partial charge >= 0.3 is 18.4 Å². The van der Waals surface area contributed by atoms with E-state index in [1.54, 1.807) is 0 Å². The molecule has 2 N–H and O–H groups in total. The molecule has 3 atom stereocenters. The van der Waals surface area contributed by atoms with Gasteiger partial charge in [-0.3, -0.25) is 19.1 Å². The number of aryl methyl sites for hydroxylation is 1. The largest absolute Gasteiger partial charge is 0.446 e. The number of alkyl halides is 8. The van der Waals surface area contributed by atoms with Crippen LogP contribution in [0.4, 0.5) is 54.5 Å². The zero-order valence-corrected chi connectivity index (χ0v) is 40.0. The summed E-state index contributed by atoms with van der Waals surface area (Å²) in [7, 11) is -8.58. The van der Waals surface area contributed by atoms with Gasteiger partial charge in [0.05, 0.1) is 45.3 Å². The number of sulfone groups is 1. The fourth-order valence-corrected chi connectivity index (χ4v) is 10.2. The lowest BCUT2D eigenvalue weighted by molar-refractivity contribution is -0.144. The van der Waals surface area contributed by atoms with Crippen molar-refractivity contribution in [3.05, 3.63) is 93.0 Å². The van der Waals surface area contributed by atoms with Crippen molar-refractivity contribution in [3.8, 4) is 11.1 Å². The van der Waals surface area contributed by atoms with Crippen molar-refractivity contribution in [1.82, 2.24) is 29.9 Å². The van der Waals surface area contributed by atoms with Gasteiger partial charge in [-0.25, -0.2) is 30.4 Å². The molecule has 1 saturated carbocycles. The van der Waals surface area contributed by atoms with Crippen LogP contribution in [0.1, 0.15) is 79.0 Å². The Kier molecular flexibility index (Phi) is 14.1. The second kappa shape index (κ2) is 18.8. The van der Waals surface area contributed by atoms with E-state index >= 15 is 8.78 Å². The summed E-state index contributed by atoms with van der Waals surface area (Å²) in [5.74, 6) is -11.1. The second-order valence-corrected chi connectivity index (χ2v) is 22.7. The van der Waals surface area contributed by atoms with Crippen LogP contribution in [-0.4, -0.2) is 95.1 Å². The lowest BCUT2D eigenvalue weighted by Gasteiger charge is -2.34. The number of anilines is 1. The third-order valence-corrected chi connectivity index (χ3v) is 15.9. The van der Waals surface area contributed by atoms with Gasteiger partial charge in [-0.05, 0) is 81.7 Å². The summed E-state index contributed by atoms with van der Waals surface area (Å²) >= 11 is 6.58. The van der Waals surface area contributed by atoms with Crippen molar-refractivity contribution >= 4 is 60.2 Å². The molecule has 28 heteroatoms. The van der Waals surface area contributed by atoms with Crippen molar-refractivity contribution in [3.63, 3.8) is 0 Å². The molecule has 2 aliphatic rings. The zero-order chi connectivity index (χ0) is 52.6. The van der Waals surface area contributed by atoms with E-state index in [0.717, 1.165) is 30.5 Å². The van der Waals surface area contributed by atoms with Crippen LogP contribution < -0.4 is 9.62 Å². The number of aliphatic hydroxyl groups is 1. The number of carbonyl (C=O) groups excluding carboxylic acids is 2. The number of amides is 2. The van der Waals surface area contributed by atoms with Crippen molar-refractivity contribution < 1.29 is 80.2 Å². The number of benzene rings is 2. The van der Waals surface area contributed by atoms with Gasteiger partial charge in [0.25, 0.3) is 5.92 Å². The highest BCUT2D eigenvalue weighted by Crippen LogP contribution is 2.64. The number of nitrogens with zero attached hydrogens (tertiary/aromatic N) is 6. The van der Waals surface area contributed by atoms with Gasteiger partial charge in [0.2, 0.25) is 15.9 Å². The number of hydrogen-bond acceptors (Lipinski definition) is 11. The monoisotopic (exact) mass is 1070 g/mol. The predicted octanol–water partition coefficient (Wildman–Crippen LogP) is 8.16. The second-order valence-electron chi connectivity index (χ2n) is 17.8. The smallest absolute Gasteiger partial charge is 0.435 e. The first-order valence-electron chi connectivity index (χ1n) is 21.3. The summed E-state index contributed by atoms with van der Waals surface area (Å²) in [4.78, 5) is 32.1. The Morgan fingerprint density at radius 2 is 1.61 bits per heavy atom. The van der Waals surface area contributed by atoms with E-state index in [4.69, 9.17) is 16.3 Å². The van der Waals surface area contributed by atoms with Crippen LogP contribution in [0.2, 0.25) is 5.02 Å². The fourth-order valence-electron chi connectivity index (χ4n) is 8.75. The van der Waals surface area contributed by atoms with E-state index in [2.05, 4.69) is 20.5 Å². The van der Waals surface area contributed by atoms with E-state index < -0.39 is 156 Å². The Morgan fingerprint density at radius 1 is 0.958 bits per heavy atom. The SMILES string of the molecule is CC(C)(CCc1ccc(-c2ccc(Cl)c3c(N(C(=O)OCCO)S(C)(=O)=O)nn(CC(F)(F)F)c23)c([C@H](Cc2cc(F)cc(F)c2)NC(=O)Cn2nc(C(F)(F)F)c3c2C(F)(F)[C@@H]2CC[C@H]32)n1)S(C)(=O)=O. The molecular formula is C43H42ClF10N7O8S2. The number of rotatable bonds is 16. The third-order valence-electron chi connectivity index (χ3n) is 12.4. The summed E-state index contributed by atoms with van der Waals surface area (Å²) in [6.07, 6.45) is -11.7. The van der Waals surface area contributed by atoms with E-state index in [1.807, 2.05) is 0 Å². The molecule has 386 valence electrons. The third kappa shape index (κ3) is 10.7. The Bertz CT molecular complexity index is 3140. The van der Waals surface area contributed by atoms with Crippen LogP contribution in [0.25, 0.3) is 22.0 Å². The Balaban J connectivity index is 1.47. The molecule has 71 heavy (non-hydrogen) atoms. The number of halogens is 11. The van der Waals surface area contributed by atoms with Crippen LogP contribution in [0.5, 0.6) is 0 Å². The average molecular weight is 1070 g/mol. The van der Waals surface area contributed by atoms with Crippen LogP contribution >= 0.6 is 11.6 Å². The number of ether oxygens (including phenoxy) is 1. The summed E-state index contributed by atoms with van der Waals surface area (Å²) in [5.41, 5.74) is -5.29. The molecule has 5 aromatic rings. The van der Waals surface area contributed by atoms with Crippen LogP contribution in [0.3, 0.4) is 0 Å². The number of nitrogens with one attached hydrogen (secondary N) is 1. The lowest BCUT2D eigenvalue weighted by Crippen LogP contribution is -2.37. The maximum Gasteiger partial charge on any atom is 0.435 e. The van der Waals surface area contributed by atoms with E-state index in [-0.39, 0.29) is 67.4 Å². The molecule has 0 spiro atoms. The number of aromatic nitrogens is 5. The van der Waals surface area contributed by atoms with Crippen molar-refractivity contribution in [2.24, 2.45) is 5.92 Å². The topological polar surface area (TPSA) is 196 Å². The van der Waals surface area contributed by atoms with E-state index in [1.165, 1.54) is 26.0 Å². The first kappa shape index (κ1) is 53.3. The molecular weight excluding hydrogens is 1030 g/mol. The summed E-state index contributed by atoms with van der Waals surface area (Å²) in [5, 5.41) is 17.9. The number of pyridine rings is 1. The molecule has 2 aliphatic carbocycles. The van der Waals surface area contributed by atoms with Gasteiger partial charge in [0, 0.05) is 40.6 Å². The maximum absolute atomic E-state index is 15.8. The highest BCUT2D eigenvalue weighted by atomic mass is 35.5. The fraction of sp³-hybridized carbons (Fsp3) is 0.465. The Hall–Kier alpha value is -5.54. The van der Waals surface area contributed by atoms with Gasteiger partial charge in [-0.15, -0.1) is 0 Å². The molecule has 0 aliphatic heterocycles. The zero-order valence-electron chi connectivity index (χ0n) is 37.6. The van der Waals surface area contributed by atoms with Crippen LogP contribution in [0.15, 0.2) is 42.5 Å². The minimum Gasteiger partial charge on any atom is -0.446 e. The van der Waals surface area contributed by atoms with Crippen molar-refractivity contribution in [1.29, 1.82) is 0 Å².